The molecular weight excluding hydrogens is 333 g/mol. The van der Waals surface area contributed by atoms with Crippen LogP contribution in [0.4, 0.5) is 24.7 Å². The molecule has 0 atom stereocenters. The highest BCUT2D eigenvalue weighted by atomic mass is 19.4. The molecule has 3 aromatic rings. The van der Waals surface area contributed by atoms with Crippen molar-refractivity contribution < 1.29 is 17.9 Å². The van der Waals surface area contributed by atoms with E-state index in [2.05, 4.69) is 20.3 Å². The number of nitrogens with one attached hydrogen (secondary N) is 1. The molecule has 0 saturated heterocycles. The van der Waals surface area contributed by atoms with Gasteiger partial charge in [-0.2, -0.15) is 13.2 Å². The molecule has 5 nitrogen and oxygen atoms in total. The van der Waals surface area contributed by atoms with Gasteiger partial charge in [0, 0.05) is 24.0 Å². The molecule has 1 aromatic carbocycles. The van der Waals surface area contributed by atoms with Crippen LogP contribution in [0.25, 0.3) is 11.5 Å². The minimum Gasteiger partial charge on any atom is -0.497 e. The van der Waals surface area contributed by atoms with Gasteiger partial charge in [-0.05, 0) is 24.3 Å². The first-order chi connectivity index (χ1) is 12.0. The van der Waals surface area contributed by atoms with Crippen LogP contribution in [0.1, 0.15) is 5.69 Å². The molecule has 0 fully saturated rings. The molecule has 2 aromatic heterocycles. The molecule has 0 bridgehead atoms. The minimum atomic E-state index is -4.60. The Kier molecular flexibility index (Phi) is 4.51. The van der Waals surface area contributed by atoms with E-state index in [1.807, 2.05) is 0 Å². The van der Waals surface area contributed by atoms with Crippen LogP contribution in [-0.2, 0) is 6.18 Å². The van der Waals surface area contributed by atoms with Crippen LogP contribution in [0, 0.1) is 0 Å². The van der Waals surface area contributed by atoms with Crippen molar-refractivity contribution in [3.63, 3.8) is 0 Å². The fourth-order valence-electron chi connectivity index (χ4n) is 2.11. The van der Waals surface area contributed by atoms with Crippen molar-refractivity contribution in [2.45, 2.75) is 6.18 Å². The molecule has 0 aliphatic rings. The van der Waals surface area contributed by atoms with Gasteiger partial charge >= 0.3 is 6.18 Å². The fourth-order valence-corrected chi connectivity index (χ4v) is 2.11. The standard InChI is InChI=1S/C17H13F3N4O/c1-25-12-6-4-5-11(9-12)22-15-10-14(17(18,19)20)23-16(24-15)13-7-2-3-8-21-13/h2-10H,1H3,(H,22,23,24). The molecule has 128 valence electrons. The summed E-state index contributed by atoms with van der Waals surface area (Å²) in [7, 11) is 1.50. The SMILES string of the molecule is COc1cccc(Nc2cc(C(F)(F)F)nc(-c3ccccn3)n2)c1. The van der Waals surface area contributed by atoms with Crippen molar-refractivity contribution in [3.05, 3.63) is 60.4 Å². The quantitative estimate of drug-likeness (QED) is 0.763. The lowest BCUT2D eigenvalue weighted by Gasteiger charge is -2.12. The van der Waals surface area contributed by atoms with Crippen LogP contribution in [-0.4, -0.2) is 22.1 Å². The zero-order valence-corrected chi connectivity index (χ0v) is 13.1. The normalized spacial score (nSPS) is 11.2. The number of hydrogen-bond acceptors (Lipinski definition) is 5. The summed E-state index contributed by atoms with van der Waals surface area (Å²) in [6.45, 7) is 0. The van der Waals surface area contributed by atoms with E-state index in [0.717, 1.165) is 6.07 Å². The predicted molar refractivity (Wildman–Crippen MR) is 86.5 cm³/mol. The molecule has 8 heteroatoms. The van der Waals surface area contributed by atoms with E-state index in [4.69, 9.17) is 4.74 Å². The van der Waals surface area contributed by atoms with Crippen molar-refractivity contribution in [1.82, 2.24) is 15.0 Å². The molecule has 0 aliphatic carbocycles. The van der Waals surface area contributed by atoms with E-state index in [1.165, 1.54) is 13.3 Å². The van der Waals surface area contributed by atoms with Crippen LogP contribution < -0.4 is 10.1 Å². The number of methoxy groups -OCH3 is 1. The number of nitrogens with zero attached hydrogens (tertiary/aromatic N) is 3. The lowest BCUT2D eigenvalue weighted by molar-refractivity contribution is -0.141. The van der Waals surface area contributed by atoms with Gasteiger partial charge in [0.15, 0.2) is 11.5 Å². The van der Waals surface area contributed by atoms with E-state index in [9.17, 15) is 13.2 Å². The average Bonchev–Trinajstić information content (AvgIpc) is 2.61. The lowest BCUT2D eigenvalue weighted by Crippen LogP contribution is -2.11. The van der Waals surface area contributed by atoms with Gasteiger partial charge < -0.3 is 10.1 Å². The first kappa shape index (κ1) is 16.7. The third kappa shape index (κ3) is 4.03. The number of halogens is 3. The summed E-state index contributed by atoms with van der Waals surface area (Å²) >= 11 is 0. The molecular formula is C17H13F3N4O. The molecule has 0 saturated carbocycles. The zero-order valence-electron chi connectivity index (χ0n) is 13.1. The molecule has 0 aliphatic heterocycles. The predicted octanol–water partition coefficient (Wildman–Crippen LogP) is 4.31. The maximum absolute atomic E-state index is 13.2. The maximum atomic E-state index is 13.2. The highest BCUT2D eigenvalue weighted by Crippen LogP contribution is 2.31. The summed E-state index contributed by atoms with van der Waals surface area (Å²) in [5.74, 6) is 0.470. The minimum absolute atomic E-state index is 0.0104. The van der Waals surface area contributed by atoms with Crippen molar-refractivity contribution in [2.75, 3.05) is 12.4 Å². The Morgan fingerprint density at radius 1 is 1.00 bits per heavy atom. The number of hydrogen-bond donors (Lipinski definition) is 1. The Morgan fingerprint density at radius 2 is 1.84 bits per heavy atom. The first-order valence-electron chi connectivity index (χ1n) is 7.24. The summed E-state index contributed by atoms with van der Waals surface area (Å²) < 4.78 is 44.6. The van der Waals surface area contributed by atoms with E-state index in [0.29, 0.717) is 11.4 Å². The second kappa shape index (κ2) is 6.76. The summed E-state index contributed by atoms with van der Waals surface area (Å²) in [5.41, 5.74) is -0.256. The van der Waals surface area contributed by atoms with E-state index in [-0.39, 0.29) is 17.3 Å². The maximum Gasteiger partial charge on any atom is 0.433 e. The third-order valence-electron chi connectivity index (χ3n) is 3.25. The van der Waals surface area contributed by atoms with Gasteiger partial charge in [0.25, 0.3) is 0 Å². The molecule has 0 amide bonds. The second-order valence-electron chi connectivity index (χ2n) is 5.03. The number of aromatic nitrogens is 3. The van der Waals surface area contributed by atoms with Gasteiger partial charge in [-0.25, -0.2) is 9.97 Å². The Hall–Kier alpha value is -3.16. The summed E-state index contributed by atoms with van der Waals surface area (Å²) in [6.07, 6.45) is -3.13. The van der Waals surface area contributed by atoms with Crippen molar-refractivity contribution in [1.29, 1.82) is 0 Å². The topological polar surface area (TPSA) is 59.9 Å². The number of rotatable bonds is 4. The Bertz CT molecular complexity index is 869. The number of anilines is 2. The smallest absolute Gasteiger partial charge is 0.433 e. The Labute approximate surface area is 141 Å². The fraction of sp³-hybridized carbons (Fsp3) is 0.118. The average molecular weight is 346 g/mol. The van der Waals surface area contributed by atoms with Gasteiger partial charge in [0.05, 0.1) is 7.11 Å². The zero-order chi connectivity index (χ0) is 17.9. The molecule has 0 unspecified atom stereocenters. The number of alkyl halides is 3. The van der Waals surface area contributed by atoms with Gasteiger partial charge in [0.2, 0.25) is 0 Å². The lowest BCUT2D eigenvalue weighted by atomic mass is 10.2. The van der Waals surface area contributed by atoms with E-state index < -0.39 is 11.9 Å². The summed E-state index contributed by atoms with van der Waals surface area (Å²) in [5, 5.41) is 2.84. The second-order valence-corrected chi connectivity index (χ2v) is 5.03. The molecule has 1 N–H and O–H groups in total. The number of pyridine rings is 1. The van der Waals surface area contributed by atoms with Crippen LogP contribution in [0.15, 0.2) is 54.7 Å². The molecule has 3 rings (SSSR count). The number of ether oxygens (including phenoxy) is 1. The molecule has 25 heavy (non-hydrogen) atoms. The van der Waals surface area contributed by atoms with E-state index >= 15 is 0 Å². The molecule has 2 heterocycles. The van der Waals surface area contributed by atoms with Gasteiger partial charge in [-0.3, -0.25) is 4.98 Å². The highest BCUT2D eigenvalue weighted by molar-refractivity contribution is 5.61. The summed E-state index contributed by atoms with van der Waals surface area (Å²) in [4.78, 5) is 11.7. The number of benzene rings is 1. The van der Waals surface area contributed by atoms with Crippen molar-refractivity contribution in [2.24, 2.45) is 0 Å². The summed E-state index contributed by atoms with van der Waals surface area (Å²) in [6, 6.07) is 12.5. The first-order valence-corrected chi connectivity index (χ1v) is 7.24. The largest absolute Gasteiger partial charge is 0.497 e. The van der Waals surface area contributed by atoms with Crippen molar-refractivity contribution in [3.8, 4) is 17.3 Å². The van der Waals surface area contributed by atoms with Crippen LogP contribution in [0.5, 0.6) is 5.75 Å². The van der Waals surface area contributed by atoms with Crippen LogP contribution >= 0.6 is 0 Å². The Balaban J connectivity index is 2.03. The molecule has 0 spiro atoms. The van der Waals surface area contributed by atoms with Gasteiger partial charge in [-0.15, -0.1) is 0 Å². The monoisotopic (exact) mass is 346 g/mol. The van der Waals surface area contributed by atoms with Crippen LogP contribution in [0.2, 0.25) is 0 Å². The van der Waals surface area contributed by atoms with E-state index in [1.54, 1.807) is 42.5 Å². The van der Waals surface area contributed by atoms with Crippen LogP contribution in [0.3, 0.4) is 0 Å². The van der Waals surface area contributed by atoms with Crippen molar-refractivity contribution >= 4 is 11.5 Å². The van der Waals surface area contributed by atoms with Gasteiger partial charge in [0.1, 0.15) is 17.3 Å². The molecule has 0 radical (unpaired) electrons. The Morgan fingerprint density at radius 3 is 2.52 bits per heavy atom. The third-order valence-corrected chi connectivity index (χ3v) is 3.25. The van der Waals surface area contributed by atoms with Gasteiger partial charge in [-0.1, -0.05) is 12.1 Å². The highest BCUT2D eigenvalue weighted by Gasteiger charge is 2.34.